The second-order valence-electron chi connectivity index (χ2n) is 5.15. The molecule has 1 aromatic carbocycles. The lowest BCUT2D eigenvalue weighted by atomic mass is 10.1. The molecule has 1 aliphatic rings. The van der Waals surface area contributed by atoms with Crippen molar-refractivity contribution in [1.29, 1.82) is 0 Å². The lowest BCUT2D eigenvalue weighted by molar-refractivity contribution is -0.152. The van der Waals surface area contributed by atoms with E-state index in [2.05, 4.69) is 6.58 Å². The summed E-state index contributed by atoms with van der Waals surface area (Å²) in [6.45, 7) is 5.04. The van der Waals surface area contributed by atoms with E-state index in [4.69, 9.17) is 0 Å². The van der Waals surface area contributed by atoms with Gasteiger partial charge in [-0.15, -0.1) is 18.3 Å². The largest absolute Gasteiger partial charge is 0.294 e. The van der Waals surface area contributed by atoms with Gasteiger partial charge in [-0.3, -0.25) is 19.3 Å². The molecule has 4 nitrogen and oxygen atoms in total. The summed E-state index contributed by atoms with van der Waals surface area (Å²) in [5.41, 5.74) is 0.812. The van der Waals surface area contributed by atoms with Crippen molar-refractivity contribution in [2.45, 2.75) is 38.0 Å². The summed E-state index contributed by atoms with van der Waals surface area (Å²) in [6.07, 6.45) is 6.69. The summed E-state index contributed by atoms with van der Waals surface area (Å²) in [6, 6.07) is 9.41. The number of thioether (sulfide) groups is 1. The van der Waals surface area contributed by atoms with Crippen molar-refractivity contribution in [1.82, 2.24) is 4.90 Å². The molecule has 1 fully saturated rings. The monoisotopic (exact) mass is 333 g/mol. The van der Waals surface area contributed by atoms with Gasteiger partial charge in [-0.1, -0.05) is 36.4 Å². The van der Waals surface area contributed by atoms with Crippen molar-refractivity contribution in [3.05, 3.63) is 48.6 Å². The molecule has 23 heavy (non-hydrogen) atoms. The van der Waals surface area contributed by atoms with Crippen LogP contribution >= 0.6 is 11.8 Å². The number of nitrogens with zero attached hydrogens (tertiary/aromatic N) is 1. The van der Waals surface area contributed by atoms with Crippen molar-refractivity contribution in [3.63, 3.8) is 0 Å². The molecule has 0 aromatic heterocycles. The lowest BCUT2D eigenvalue weighted by Gasteiger charge is -2.36. The molecule has 1 aromatic rings. The summed E-state index contributed by atoms with van der Waals surface area (Å²) >= 11 is 1.54. The molecule has 2 rings (SSSR count). The Morgan fingerprint density at radius 2 is 2.00 bits per heavy atom. The Bertz CT molecular complexity index is 549. The zero-order valence-electron chi connectivity index (χ0n) is 13.7. The van der Waals surface area contributed by atoms with Gasteiger partial charge in [0.05, 0.1) is 11.8 Å². The van der Waals surface area contributed by atoms with Crippen LogP contribution in [0.5, 0.6) is 0 Å². The smallest absolute Gasteiger partial charge is 0.233 e. The molecule has 1 atom stereocenters. The van der Waals surface area contributed by atoms with Crippen LogP contribution in [0.3, 0.4) is 0 Å². The highest BCUT2D eigenvalue weighted by molar-refractivity contribution is 7.99. The van der Waals surface area contributed by atoms with E-state index < -0.39 is 0 Å². The predicted octanol–water partition coefficient (Wildman–Crippen LogP) is 3.68. The van der Waals surface area contributed by atoms with Crippen LogP contribution in [0.15, 0.2) is 43.0 Å². The van der Waals surface area contributed by atoms with E-state index >= 15 is 0 Å². The Balaban J connectivity index is 0.000000238. The number of rotatable bonds is 6. The molecule has 0 radical (unpaired) electrons. The SMILES string of the molecule is C=CCCCC(=O)c1ccccc1.CSC1CC(=O)N1C(C)=O. The van der Waals surface area contributed by atoms with Crippen LogP contribution in [0, 0.1) is 0 Å². The second kappa shape index (κ2) is 10.0. The van der Waals surface area contributed by atoms with Crippen LogP contribution in [-0.4, -0.2) is 34.1 Å². The van der Waals surface area contributed by atoms with E-state index in [9.17, 15) is 14.4 Å². The number of carbonyl (C=O) groups excluding carboxylic acids is 3. The quantitative estimate of drug-likeness (QED) is 0.345. The molecule has 1 aliphatic heterocycles. The van der Waals surface area contributed by atoms with Gasteiger partial charge < -0.3 is 0 Å². The van der Waals surface area contributed by atoms with Gasteiger partial charge in [0.15, 0.2) is 5.78 Å². The van der Waals surface area contributed by atoms with Gasteiger partial charge in [0.1, 0.15) is 0 Å². The Kier molecular flexibility index (Phi) is 8.33. The van der Waals surface area contributed by atoms with Gasteiger partial charge in [0.2, 0.25) is 11.8 Å². The minimum absolute atomic E-state index is 0.0492. The molecule has 0 spiro atoms. The third kappa shape index (κ3) is 6.02. The number of hydrogen-bond acceptors (Lipinski definition) is 4. The van der Waals surface area contributed by atoms with E-state index in [1.807, 2.05) is 42.7 Å². The number of ketones is 1. The van der Waals surface area contributed by atoms with Crippen LogP contribution in [-0.2, 0) is 9.59 Å². The number of allylic oxidation sites excluding steroid dienone is 1. The molecule has 0 aliphatic carbocycles. The standard InChI is InChI=1S/C12H14O.C6H9NO2S/c1-2-3-5-10-12(13)11-8-6-4-7-9-11;1-4(8)7-5(9)3-6(7)10-2/h2,4,6-9H,1,3,5,10H2;6H,3H2,1-2H3. The fourth-order valence-corrected chi connectivity index (χ4v) is 2.92. The minimum atomic E-state index is -0.143. The molecular formula is C18H23NO3S. The zero-order valence-corrected chi connectivity index (χ0v) is 14.5. The van der Waals surface area contributed by atoms with Gasteiger partial charge in [0, 0.05) is 18.9 Å². The molecule has 1 saturated heterocycles. The highest BCUT2D eigenvalue weighted by Gasteiger charge is 2.38. The molecule has 5 heteroatoms. The topological polar surface area (TPSA) is 54.5 Å². The maximum Gasteiger partial charge on any atom is 0.233 e. The van der Waals surface area contributed by atoms with E-state index in [1.54, 1.807) is 0 Å². The van der Waals surface area contributed by atoms with Crippen molar-refractivity contribution >= 4 is 29.4 Å². The fourth-order valence-electron chi connectivity index (χ4n) is 2.13. The fraction of sp³-hybridized carbons (Fsp3) is 0.389. The van der Waals surface area contributed by atoms with E-state index in [-0.39, 0.29) is 23.0 Å². The van der Waals surface area contributed by atoms with Crippen LogP contribution in [0.2, 0.25) is 0 Å². The maximum absolute atomic E-state index is 11.5. The molecule has 124 valence electrons. The minimum Gasteiger partial charge on any atom is -0.294 e. The highest BCUT2D eigenvalue weighted by Crippen LogP contribution is 2.27. The van der Waals surface area contributed by atoms with E-state index in [0.717, 1.165) is 18.4 Å². The molecule has 0 bridgehead atoms. The number of carbonyl (C=O) groups is 3. The van der Waals surface area contributed by atoms with Crippen molar-refractivity contribution in [2.24, 2.45) is 0 Å². The van der Waals surface area contributed by atoms with Crippen molar-refractivity contribution in [3.8, 4) is 0 Å². The average molecular weight is 333 g/mol. The number of imide groups is 1. The van der Waals surface area contributed by atoms with E-state index in [1.165, 1.54) is 23.6 Å². The van der Waals surface area contributed by atoms with Gasteiger partial charge in [-0.2, -0.15) is 0 Å². The van der Waals surface area contributed by atoms with Crippen LogP contribution < -0.4 is 0 Å². The molecule has 0 saturated carbocycles. The molecule has 1 unspecified atom stereocenters. The Hall–Kier alpha value is -1.88. The number of unbranched alkanes of at least 4 members (excludes halogenated alkanes) is 1. The first-order valence-electron chi connectivity index (χ1n) is 7.55. The Labute approximate surface area is 141 Å². The Morgan fingerprint density at radius 1 is 1.35 bits per heavy atom. The lowest BCUT2D eigenvalue weighted by Crippen LogP contribution is -2.52. The van der Waals surface area contributed by atoms with Crippen LogP contribution in [0.1, 0.15) is 43.0 Å². The number of likely N-dealkylation sites (tertiary alicyclic amines) is 1. The van der Waals surface area contributed by atoms with Gasteiger partial charge >= 0.3 is 0 Å². The molecule has 0 N–H and O–H groups in total. The number of hydrogen-bond donors (Lipinski definition) is 0. The third-order valence-electron chi connectivity index (χ3n) is 3.43. The second-order valence-corrected chi connectivity index (χ2v) is 6.16. The predicted molar refractivity (Wildman–Crippen MR) is 94.3 cm³/mol. The first-order chi connectivity index (χ1) is 11.0. The van der Waals surface area contributed by atoms with Crippen molar-refractivity contribution < 1.29 is 14.4 Å². The number of β-lactam (4-membered cyclic amide) rings is 1. The Morgan fingerprint density at radius 3 is 2.43 bits per heavy atom. The summed E-state index contributed by atoms with van der Waals surface area (Å²) in [5, 5.41) is 0.102. The van der Waals surface area contributed by atoms with Crippen LogP contribution in [0.25, 0.3) is 0 Å². The molecular weight excluding hydrogens is 310 g/mol. The average Bonchev–Trinajstić information content (AvgIpc) is 2.53. The molecule has 2 amide bonds. The van der Waals surface area contributed by atoms with Crippen LogP contribution in [0.4, 0.5) is 0 Å². The number of Topliss-reactive ketones (excluding diaryl/α,β-unsaturated/α-hetero) is 1. The van der Waals surface area contributed by atoms with Gasteiger partial charge in [-0.25, -0.2) is 0 Å². The third-order valence-corrected chi connectivity index (χ3v) is 4.35. The highest BCUT2D eigenvalue weighted by atomic mass is 32.2. The van der Waals surface area contributed by atoms with E-state index in [0.29, 0.717) is 12.8 Å². The normalized spacial score (nSPS) is 16.0. The maximum atomic E-state index is 11.5. The number of amides is 2. The van der Waals surface area contributed by atoms with Gasteiger partial charge in [0.25, 0.3) is 0 Å². The van der Waals surface area contributed by atoms with Crippen molar-refractivity contribution in [2.75, 3.05) is 6.26 Å². The summed E-state index contributed by atoms with van der Waals surface area (Å²) in [5.74, 6) is 0.0323. The summed E-state index contributed by atoms with van der Waals surface area (Å²) in [7, 11) is 0. The number of benzene rings is 1. The first-order valence-corrected chi connectivity index (χ1v) is 8.84. The summed E-state index contributed by atoms with van der Waals surface area (Å²) in [4.78, 5) is 34.2. The molecule has 1 heterocycles. The van der Waals surface area contributed by atoms with Gasteiger partial charge in [-0.05, 0) is 19.1 Å². The zero-order chi connectivity index (χ0) is 17.2. The first kappa shape index (κ1) is 19.2. The summed E-state index contributed by atoms with van der Waals surface area (Å²) < 4.78 is 0.